The van der Waals surface area contributed by atoms with Gasteiger partial charge in [0, 0.05) is 6.26 Å². The number of carbonyl (C=O) groups excluding carboxylic acids is 1. The highest BCUT2D eigenvalue weighted by molar-refractivity contribution is 7.90. The van der Waals surface area contributed by atoms with E-state index in [4.69, 9.17) is 5.73 Å². The molecule has 2 N–H and O–H groups in total. The van der Waals surface area contributed by atoms with Crippen molar-refractivity contribution in [2.24, 2.45) is 5.73 Å². The summed E-state index contributed by atoms with van der Waals surface area (Å²) in [6.45, 7) is 0. The average Bonchev–Trinajstić information content (AvgIpc) is 1.81. The van der Waals surface area contributed by atoms with Gasteiger partial charge in [-0.05, 0) is 6.42 Å². The molecule has 0 aromatic carbocycles. The van der Waals surface area contributed by atoms with Crippen LogP contribution in [0.2, 0.25) is 0 Å². The number of nitrogens with two attached hydrogens (primary N) is 1. The van der Waals surface area contributed by atoms with Crippen LogP contribution in [0.3, 0.4) is 0 Å². The van der Waals surface area contributed by atoms with Crippen LogP contribution in [0, 0.1) is 0 Å². The first kappa shape index (κ1) is 9.58. The SMILES string of the molecule is CS(=O)(=O)CC[C@H](N)C=O. The van der Waals surface area contributed by atoms with Gasteiger partial charge in [0.2, 0.25) is 0 Å². The van der Waals surface area contributed by atoms with Gasteiger partial charge >= 0.3 is 0 Å². The Kier molecular flexibility index (Phi) is 3.52. The topological polar surface area (TPSA) is 77.2 Å². The molecule has 0 aliphatic heterocycles. The fourth-order valence-corrected chi connectivity index (χ4v) is 1.12. The van der Waals surface area contributed by atoms with Gasteiger partial charge in [-0.1, -0.05) is 0 Å². The van der Waals surface area contributed by atoms with Gasteiger partial charge in [0.25, 0.3) is 0 Å². The van der Waals surface area contributed by atoms with Crippen molar-refractivity contribution >= 4 is 16.1 Å². The molecule has 0 bridgehead atoms. The summed E-state index contributed by atoms with van der Waals surface area (Å²) in [4.78, 5) is 9.90. The van der Waals surface area contributed by atoms with E-state index in [9.17, 15) is 13.2 Å². The lowest BCUT2D eigenvalue weighted by molar-refractivity contribution is -0.108. The Labute approximate surface area is 60.3 Å². The van der Waals surface area contributed by atoms with Crippen LogP contribution in [0.4, 0.5) is 0 Å². The molecule has 10 heavy (non-hydrogen) atoms. The third-order valence-electron chi connectivity index (χ3n) is 0.997. The molecule has 0 fully saturated rings. The third-order valence-corrected chi connectivity index (χ3v) is 1.97. The molecule has 0 aromatic heterocycles. The molecule has 60 valence electrons. The summed E-state index contributed by atoms with van der Waals surface area (Å²) in [6.07, 6.45) is 1.87. The smallest absolute Gasteiger partial charge is 0.147 e. The van der Waals surface area contributed by atoms with Gasteiger partial charge in [-0.15, -0.1) is 0 Å². The lowest BCUT2D eigenvalue weighted by Crippen LogP contribution is -2.24. The van der Waals surface area contributed by atoms with Gasteiger partial charge in [-0.25, -0.2) is 8.42 Å². The minimum atomic E-state index is -2.97. The Balaban J connectivity index is 3.66. The summed E-state index contributed by atoms with van der Waals surface area (Å²) in [5, 5.41) is 0. The van der Waals surface area contributed by atoms with E-state index in [0.717, 1.165) is 6.26 Å². The fourth-order valence-electron chi connectivity index (χ4n) is 0.418. The van der Waals surface area contributed by atoms with E-state index < -0.39 is 15.9 Å². The van der Waals surface area contributed by atoms with Crippen LogP contribution in [0.1, 0.15) is 6.42 Å². The summed E-state index contributed by atoms with van der Waals surface area (Å²) in [5.74, 6) is -0.0209. The van der Waals surface area contributed by atoms with E-state index in [2.05, 4.69) is 0 Å². The van der Waals surface area contributed by atoms with Crippen molar-refractivity contribution in [2.45, 2.75) is 12.5 Å². The summed E-state index contributed by atoms with van der Waals surface area (Å²) < 4.78 is 21.0. The second-order valence-electron chi connectivity index (χ2n) is 2.22. The van der Waals surface area contributed by atoms with Crippen LogP contribution < -0.4 is 5.73 Å². The van der Waals surface area contributed by atoms with Crippen molar-refractivity contribution < 1.29 is 13.2 Å². The Morgan fingerprint density at radius 2 is 2.10 bits per heavy atom. The molecule has 4 nitrogen and oxygen atoms in total. The van der Waals surface area contributed by atoms with E-state index in [1.807, 2.05) is 0 Å². The maximum Gasteiger partial charge on any atom is 0.147 e. The van der Waals surface area contributed by atoms with Gasteiger partial charge in [0.05, 0.1) is 11.8 Å². The predicted molar refractivity (Wildman–Crippen MR) is 38.4 cm³/mol. The van der Waals surface area contributed by atoms with E-state index >= 15 is 0 Å². The largest absolute Gasteiger partial charge is 0.322 e. The first-order valence-electron chi connectivity index (χ1n) is 2.84. The maximum atomic E-state index is 10.5. The van der Waals surface area contributed by atoms with Crippen molar-refractivity contribution in [1.82, 2.24) is 0 Å². The van der Waals surface area contributed by atoms with Crippen LogP contribution in [0.25, 0.3) is 0 Å². The molecule has 0 saturated heterocycles. The molecule has 0 heterocycles. The Morgan fingerprint density at radius 1 is 1.60 bits per heavy atom. The highest BCUT2D eigenvalue weighted by atomic mass is 32.2. The molecule has 0 radical (unpaired) electrons. The summed E-state index contributed by atoms with van der Waals surface area (Å²) in [5.41, 5.74) is 5.15. The zero-order valence-corrected chi connectivity index (χ0v) is 6.60. The highest BCUT2D eigenvalue weighted by Crippen LogP contribution is 1.90. The molecular formula is C5H11NO3S. The molecule has 5 heteroatoms. The number of rotatable bonds is 4. The van der Waals surface area contributed by atoms with Gasteiger partial charge < -0.3 is 10.5 Å². The van der Waals surface area contributed by atoms with Gasteiger partial charge in [0.15, 0.2) is 0 Å². The molecule has 1 atom stereocenters. The number of hydrogen-bond donors (Lipinski definition) is 1. The lowest BCUT2D eigenvalue weighted by atomic mass is 10.3. The molecule has 0 unspecified atom stereocenters. The van der Waals surface area contributed by atoms with E-state index in [-0.39, 0.29) is 12.2 Å². The van der Waals surface area contributed by atoms with Crippen molar-refractivity contribution in [2.75, 3.05) is 12.0 Å². The van der Waals surface area contributed by atoms with Gasteiger partial charge in [-0.2, -0.15) is 0 Å². The summed E-state index contributed by atoms with van der Waals surface area (Å²) >= 11 is 0. The van der Waals surface area contributed by atoms with E-state index in [1.54, 1.807) is 0 Å². The normalized spacial score (nSPS) is 14.6. The van der Waals surface area contributed by atoms with Crippen molar-refractivity contribution in [3.63, 3.8) is 0 Å². The minimum Gasteiger partial charge on any atom is -0.322 e. The van der Waals surface area contributed by atoms with Gasteiger partial charge in [-0.3, -0.25) is 0 Å². The van der Waals surface area contributed by atoms with Crippen LogP contribution in [-0.4, -0.2) is 32.8 Å². The van der Waals surface area contributed by atoms with Crippen LogP contribution in [0.5, 0.6) is 0 Å². The standard InChI is InChI=1S/C5H11NO3S/c1-10(8,9)3-2-5(6)4-7/h4-5H,2-3,6H2,1H3/t5-/m0/s1. The molecule has 0 amide bonds. The Morgan fingerprint density at radius 3 is 2.40 bits per heavy atom. The number of aldehydes is 1. The zero-order chi connectivity index (χ0) is 8.20. The quantitative estimate of drug-likeness (QED) is 0.539. The molecular weight excluding hydrogens is 154 g/mol. The van der Waals surface area contributed by atoms with Crippen LogP contribution in [-0.2, 0) is 14.6 Å². The minimum absolute atomic E-state index is 0.0209. The fraction of sp³-hybridized carbons (Fsp3) is 0.800. The summed E-state index contributed by atoms with van der Waals surface area (Å²) in [7, 11) is -2.97. The second kappa shape index (κ2) is 3.68. The molecule has 0 spiro atoms. The van der Waals surface area contributed by atoms with Crippen LogP contribution >= 0.6 is 0 Å². The lowest BCUT2D eigenvalue weighted by Gasteiger charge is -2.00. The Bertz CT molecular complexity index is 197. The Hall–Kier alpha value is -0.420. The second-order valence-corrected chi connectivity index (χ2v) is 4.48. The zero-order valence-electron chi connectivity index (χ0n) is 5.78. The molecule has 0 rings (SSSR count). The van der Waals surface area contributed by atoms with Crippen molar-refractivity contribution in [3.8, 4) is 0 Å². The van der Waals surface area contributed by atoms with Crippen molar-refractivity contribution in [1.29, 1.82) is 0 Å². The number of hydrogen-bond acceptors (Lipinski definition) is 4. The number of carbonyl (C=O) groups is 1. The molecule has 0 aliphatic rings. The third kappa shape index (κ3) is 5.71. The van der Waals surface area contributed by atoms with Gasteiger partial charge in [0.1, 0.15) is 16.1 Å². The maximum absolute atomic E-state index is 10.5. The van der Waals surface area contributed by atoms with E-state index in [0.29, 0.717) is 6.29 Å². The molecule has 0 aromatic rings. The number of sulfone groups is 1. The first-order valence-corrected chi connectivity index (χ1v) is 4.90. The van der Waals surface area contributed by atoms with E-state index in [1.165, 1.54) is 0 Å². The molecule has 0 aliphatic carbocycles. The average molecular weight is 165 g/mol. The molecule has 0 saturated carbocycles. The predicted octanol–water partition coefficient (Wildman–Crippen LogP) is -1.05. The van der Waals surface area contributed by atoms with Crippen LogP contribution in [0.15, 0.2) is 0 Å². The monoisotopic (exact) mass is 165 g/mol. The first-order chi connectivity index (χ1) is 4.45. The van der Waals surface area contributed by atoms with Crippen molar-refractivity contribution in [3.05, 3.63) is 0 Å². The summed E-state index contributed by atoms with van der Waals surface area (Å²) in [6, 6.07) is -0.644. The highest BCUT2D eigenvalue weighted by Gasteiger charge is 2.05.